The predicted molar refractivity (Wildman–Crippen MR) is 84.7 cm³/mol. The second-order valence-corrected chi connectivity index (χ2v) is 6.88. The van der Waals surface area contributed by atoms with Crippen molar-refractivity contribution in [2.24, 2.45) is 7.05 Å². The van der Waals surface area contributed by atoms with Crippen LogP contribution in [0.15, 0.2) is 12.4 Å². The molecule has 1 spiro atoms. The first-order valence-corrected chi connectivity index (χ1v) is 8.22. The Kier molecular flexibility index (Phi) is 4.82. The molecule has 0 saturated carbocycles. The van der Waals surface area contributed by atoms with Crippen molar-refractivity contribution in [1.82, 2.24) is 19.6 Å². The summed E-state index contributed by atoms with van der Waals surface area (Å²) in [7, 11) is 1.96. The van der Waals surface area contributed by atoms with E-state index >= 15 is 0 Å². The maximum atomic E-state index is 6.21. The lowest BCUT2D eigenvalue weighted by atomic mass is 10.0. The molecule has 6 heteroatoms. The molecule has 0 amide bonds. The van der Waals surface area contributed by atoms with Crippen molar-refractivity contribution in [2.45, 2.75) is 32.0 Å². The van der Waals surface area contributed by atoms with Gasteiger partial charge in [0.25, 0.3) is 0 Å². The minimum absolute atomic E-state index is 0.193. The number of nitrogens with zero attached hydrogens (tertiary/aromatic N) is 4. The van der Waals surface area contributed by atoms with Crippen LogP contribution >= 0.6 is 0 Å². The largest absolute Gasteiger partial charge is 0.377 e. The Morgan fingerprint density at radius 1 is 1.27 bits per heavy atom. The fraction of sp³-hybridized carbons (Fsp3) is 0.812. The van der Waals surface area contributed by atoms with Crippen LogP contribution < -0.4 is 0 Å². The smallest absolute Gasteiger partial charge is 0.117 e. The summed E-state index contributed by atoms with van der Waals surface area (Å²) < 4.78 is 13.9. The standard InChI is InChI=1S/C16H28N4O2/c1-14(2)20-5-6-21-13-16(12-20)11-19(4-7-22-16)10-15-8-17-18(3)9-15/h8-9,14H,4-7,10-13H2,1-3H3. The molecule has 2 aliphatic rings. The normalized spacial score (nSPS) is 28.4. The zero-order chi connectivity index (χ0) is 15.6. The number of morpholine rings is 1. The first kappa shape index (κ1) is 15.9. The highest BCUT2D eigenvalue weighted by atomic mass is 16.5. The molecule has 2 aliphatic heterocycles. The van der Waals surface area contributed by atoms with E-state index in [1.165, 1.54) is 5.56 Å². The molecule has 0 bridgehead atoms. The lowest BCUT2D eigenvalue weighted by Crippen LogP contribution is -2.59. The number of ether oxygens (including phenoxy) is 2. The van der Waals surface area contributed by atoms with E-state index in [0.717, 1.165) is 45.9 Å². The van der Waals surface area contributed by atoms with Crippen LogP contribution in [0.5, 0.6) is 0 Å². The molecular formula is C16H28N4O2. The molecule has 3 rings (SSSR count). The number of rotatable bonds is 3. The first-order valence-electron chi connectivity index (χ1n) is 8.22. The molecule has 0 aromatic carbocycles. The Morgan fingerprint density at radius 2 is 2.14 bits per heavy atom. The Morgan fingerprint density at radius 3 is 2.86 bits per heavy atom. The van der Waals surface area contributed by atoms with Gasteiger partial charge < -0.3 is 9.47 Å². The average molecular weight is 308 g/mol. The molecular weight excluding hydrogens is 280 g/mol. The van der Waals surface area contributed by atoms with E-state index in [-0.39, 0.29) is 5.60 Å². The summed E-state index contributed by atoms with van der Waals surface area (Å²) in [6.45, 7) is 11.5. The maximum Gasteiger partial charge on any atom is 0.117 e. The number of hydrogen-bond donors (Lipinski definition) is 0. The van der Waals surface area contributed by atoms with Crippen LogP contribution in [-0.4, -0.2) is 77.2 Å². The van der Waals surface area contributed by atoms with Gasteiger partial charge in [0, 0.05) is 57.6 Å². The third-order valence-corrected chi connectivity index (χ3v) is 4.60. The Hall–Kier alpha value is -0.950. The molecule has 1 aromatic heterocycles. The second kappa shape index (κ2) is 6.66. The van der Waals surface area contributed by atoms with Crippen LogP contribution in [0.25, 0.3) is 0 Å². The summed E-state index contributed by atoms with van der Waals surface area (Å²) in [5, 5.41) is 4.26. The van der Waals surface area contributed by atoms with E-state index in [4.69, 9.17) is 9.47 Å². The number of aromatic nitrogens is 2. The van der Waals surface area contributed by atoms with Crippen LogP contribution in [0.4, 0.5) is 0 Å². The van der Waals surface area contributed by atoms with Crippen LogP contribution in [-0.2, 0) is 23.1 Å². The molecule has 1 aromatic rings. The summed E-state index contributed by atoms with van der Waals surface area (Å²) >= 11 is 0. The van der Waals surface area contributed by atoms with Gasteiger partial charge in [-0.1, -0.05) is 0 Å². The van der Waals surface area contributed by atoms with Crippen molar-refractivity contribution in [1.29, 1.82) is 0 Å². The molecule has 22 heavy (non-hydrogen) atoms. The third kappa shape index (κ3) is 3.68. The number of aryl methyl sites for hydroxylation is 1. The van der Waals surface area contributed by atoms with E-state index in [1.54, 1.807) is 0 Å². The lowest BCUT2D eigenvalue weighted by Gasteiger charge is -2.44. The SMILES string of the molecule is CC(C)N1CCOCC2(CN(Cc3cnn(C)c3)CCO2)C1. The maximum absolute atomic E-state index is 6.21. The Bertz CT molecular complexity index is 490. The summed E-state index contributed by atoms with van der Waals surface area (Å²) in [5.41, 5.74) is 1.07. The lowest BCUT2D eigenvalue weighted by molar-refractivity contribution is -0.144. The molecule has 0 N–H and O–H groups in total. The van der Waals surface area contributed by atoms with Crippen LogP contribution in [0.3, 0.4) is 0 Å². The minimum Gasteiger partial charge on any atom is -0.377 e. The van der Waals surface area contributed by atoms with E-state index in [2.05, 4.69) is 34.9 Å². The minimum atomic E-state index is -0.193. The molecule has 1 atom stereocenters. The van der Waals surface area contributed by atoms with Gasteiger partial charge in [0.15, 0.2) is 0 Å². The molecule has 1 unspecified atom stereocenters. The van der Waals surface area contributed by atoms with Crippen molar-refractivity contribution < 1.29 is 9.47 Å². The molecule has 2 saturated heterocycles. The predicted octanol–water partition coefficient (Wildman–Crippen LogP) is 0.732. The summed E-state index contributed by atoms with van der Waals surface area (Å²) in [5.74, 6) is 0. The summed E-state index contributed by atoms with van der Waals surface area (Å²) in [4.78, 5) is 4.94. The van der Waals surface area contributed by atoms with E-state index < -0.39 is 0 Å². The van der Waals surface area contributed by atoms with E-state index in [9.17, 15) is 0 Å². The highest BCUT2D eigenvalue weighted by Gasteiger charge is 2.40. The Balaban J connectivity index is 1.67. The van der Waals surface area contributed by atoms with Gasteiger partial charge in [-0.05, 0) is 13.8 Å². The monoisotopic (exact) mass is 308 g/mol. The highest BCUT2D eigenvalue weighted by molar-refractivity contribution is 5.04. The Labute approximate surface area is 133 Å². The van der Waals surface area contributed by atoms with Crippen LogP contribution in [0.2, 0.25) is 0 Å². The molecule has 6 nitrogen and oxygen atoms in total. The van der Waals surface area contributed by atoms with Gasteiger partial charge in [0.1, 0.15) is 5.60 Å². The highest BCUT2D eigenvalue weighted by Crippen LogP contribution is 2.24. The van der Waals surface area contributed by atoms with Gasteiger partial charge in [-0.3, -0.25) is 14.5 Å². The van der Waals surface area contributed by atoms with Crippen LogP contribution in [0.1, 0.15) is 19.4 Å². The van der Waals surface area contributed by atoms with Crippen molar-refractivity contribution >= 4 is 0 Å². The molecule has 0 radical (unpaired) electrons. The fourth-order valence-corrected chi connectivity index (χ4v) is 3.43. The van der Waals surface area contributed by atoms with Gasteiger partial charge in [0.2, 0.25) is 0 Å². The molecule has 0 aliphatic carbocycles. The van der Waals surface area contributed by atoms with Crippen molar-refractivity contribution in [2.75, 3.05) is 46.0 Å². The van der Waals surface area contributed by atoms with Crippen LogP contribution in [0, 0.1) is 0 Å². The third-order valence-electron chi connectivity index (χ3n) is 4.60. The molecule has 3 heterocycles. The van der Waals surface area contributed by atoms with Crippen molar-refractivity contribution in [3.8, 4) is 0 Å². The summed E-state index contributed by atoms with van der Waals surface area (Å²) in [6.07, 6.45) is 4.04. The van der Waals surface area contributed by atoms with Crippen molar-refractivity contribution in [3.05, 3.63) is 18.0 Å². The van der Waals surface area contributed by atoms with Gasteiger partial charge in [-0.15, -0.1) is 0 Å². The van der Waals surface area contributed by atoms with Gasteiger partial charge in [-0.2, -0.15) is 5.10 Å². The van der Waals surface area contributed by atoms with E-state index in [1.807, 2.05) is 17.9 Å². The van der Waals surface area contributed by atoms with E-state index in [0.29, 0.717) is 12.6 Å². The van der Waals surface area contributed by atoms with Gasteiger partial charge in [0.05, 0.1) is 26.0 Å². The zero-order valence-electron chi connectivity index (χ0n) is 14.0. The van der Waals surface area contributed by atoms with Crippen molar-refractivity contribution in [3.63, 3.8) is 0 Å². The second-order valence-electron chi connectivity index (χ2n) is 6.88. The fourth-order valence-electron chi connectivity index (χ4n) is 3.43. The van der Waals surface area contributed by atoms with Gasteiger partial charge in [-0.25, -0.2) is 0 Å². The molecule has 2 fully saturated rings. The topological polar surface area (TPSA) is 42.8 Å². The first-order chi connectivity index (χ1) is 10.6. The van der Waals surface area contributed by atoms with Gasteiger partial charge >= 0.3 is 0 Å². The molecule has 124 valence electrons. The summed E-state index contributed by atoms with van der Waals surface area (Å²) in [6, 6.07) is 0.524. The number of hydrogen-bond acceptors (Lipinski definition) is 5. The zero-order valence-corrected chi connectivity index (χ0v) is 14.0. The average Bonchev–Trinajstić information content (AvgIpc) is 2.76. The quantitative estimate of drug-likeness (QED) is 0.824.